The topological polar surface area (TPSA) is 58.4 Å². The number of carbonyl (C=O) groups excluding carboxylic acids is 1. The molecule has 76 valence electrons. The number of hydrazine groups is 1. The molecule has 14 heavy (non-hydrogen) atoms. The van der Waals surface area contributed by atoms with Gasteiger partial charge in [0.15, 0.2) is 0 Å². The van der Waals surface area contributed by atoms with E-state index >= 15 is 0 Å². The molecule has 0 fully saturated rings. The number of nitrogens with one attached hydrogen (secondary N) is 1. The van der Waals surface area contributed by atoms with Crippen LogP contribution in [0.15, 0.2) is 24.3 Å². The number of rotatable bonds is 2. The van der Waals surface area contributed by atoms with Crippen molar-refractivity contribution >= 4 is 11.7 Å². The largest absolute Gasteiger partial charge is 0.335 e. The Balaban J connectivity index is 2.81. The van der Waals surface area contributed by atoms with Crippen molar-refractivity contribution in [1.29, 1.82) is 0 Å². The summed E-state index contributed by atoms with van der Waals surface area (Å²) in [5.74, 6) is 5.03. The quantitative estimate of drug-likeness (QED) is 0.422. The maximum absolute atomic E-state index is 11.2. The Morgan fingerprint density at radius 2 is 2.00 bits per heavy atom. The van der Waals surface area contributed by atoms with Crippen LogP contribution in [-0.2, 0) is 6.42 Å². The number of nitrogens with two attached hydrogens (primary N) is 1. The average molecular weight is 193 g/mol. The van der Waals surface area contributed by atoms with E-state index in [1.165, 1.54) is 10.5 Å². The van der Waals surface area contributed by atoms with E-state index in [4.69, 9.17) is 5.84 Å². The molecule has 0 radical (unpaired) electrons. The molecular formula is C10H15N3O. The van der Waals surface area contributed by atoms with Crippen LogP contribution in [-0.4, -0.2) is 13.1 Å². The van der Waals surface area contributed by atoms with Crippen molar-refractivity contribution in [1.82, 2.24) is 5.43 Å². The van der Waals surface area contributed by atoms with E-state index in [2.05, 4.69) is 12.3 Å². The molecule has 4 heteroatoms. The van der Waals surface area contributed by atoms with Gasteiger partial charge >= 0.3 is 6.03 Å². The van der Waals surface area contributed by atoms with Crippen LogP contribution >= 0.6 is 0 Å². The van der Waals surface area contributed by atoms with E-state index in [9.17, 15) is 4.79 Å². The van der Waals surface area contributed by atoms with E-state index in [-0.39, 0.29) is 6.03 Å². The Morgan fingerprint density at radius 3 is 2.43 bits per heavy atom. The fourth-order valence-corrected chi connectivity index (χ4v) is 1.17. The molecule has 0 heterocycles. The summed E-state index contributed by atoms with van der Waals surface area (Å²) in [6.07, 6.45) is 0.993. The smallest absolute Gasteiger partial charge is 0.296 e. The minimum absolute atomic E-state index is 0.325. The Morgan fingerprint density at radius 1 is 1.43 bits per heavy atom. The van der Waals surface area contributed by atoms with Gasteiger partial charge in [-0.1, -0.05) is 19.1 Å². The number of urea groups is 1. The zero-order chi connectivity index (χ0) is 10.6. The fourth-order valence-electron chi connectivity index (χ4n) is 1.17. The molecule has 0 aliphatic heterocycles. The van der Waals surface area contributed by atoms with Crippen LogP contribution in [0.4, 0.5) is 10.5 Å². The second kappa shape index (κ2) is 4.62. The summed E-state index contributed by atoms with van der Waals surface area (Å²) in [7, 11) is 1.67. The van der Waals surface area contributed by atoms with Crippen molar-refractivity contribution in [2.45, 2.75) is 13.3 Å². The van der Waals surface area contributed by atoms with Crippen molar-refractivity contribution in [3.63, 3.8) is 0 Å². The normalized spacial score (nSPS) is 9.64. The molecule has 0 aromatic heterocycles. The Kier molecular flexibility index (Phi) is 3.48. The first kappa shape index (κ1) is 10.5. The number of amides is 2. The van der Waals surface area contributed by atoms with Gasteiger partial charge in [-0.15, -0.1) is 0 Å². The van der Waals surface area contributed by atoms with E-state index in [1.54, 1.807) is 7.05 Å². The summed E-state index contributed by atoms with van der Waals surface area (Å²) in [6.45, 7) is 2.09. The van der Waals surface area contributed by atoms with Gasteiger partial charge in [0.25, 0.3) is 0 Å². The summed E-state index contributed by atoms with van der Waals surface area (Å²) >= 11 is 0. The number of benzene rings is 1. The predicted octanol–water partition coefficient (Wildman–Crippen LogP) is 1.27. The highest BCUT2D eigenvalue weighted by molar-refractivity contribution is 5.90. The molecule has 0 bridgehead atoms. The van der Waals surface area contributed by atoms with Crippen LogP contribution in [0.1, 0.15) is 12.5 Å². The van der Waals surface area contributed by atoms with Crippen LogP contribution < -0.4 is 16.2 Å². The van der Waals surface area contributed by atoms with Crippen molar-refractivity contribution < 1.29 is 4.79 Å². The number of hydrogen-bond acceptors (Lipinski definition) is 2. The van der Waals surface area contributed by atoms with E-state index in [0.717, 1.165) is 12.1 Å². The highest BCUT2D eigenvalue weighted by atomic mass is 16.2. The van der Waals surface area contributed by atoms with Crippen LogP contribution in [0.2, 0.25) is 0 Å². The van der Waals surface area contributed by atoms with Gasteiger partial charge in [0.2, 0.25) is 0 Å². The molecule has 0 spiro atoms. The van der Waals surface area contributed by atoms with E-state index in [1.807, 2.05) is 24.3 Å². The zero-order valence-corrected chi connectivity index (χ0v) is 8.45. The summed E-state index contributed by atoms with van der Waals surface area (Å²) < 4.78 is 0. The van der Waals surface area contributed by atoms with Crippen molar-refractivity contribution in [3.05, 3.63) is 29.8 Å². The maximum Gasteiger partial charge on any atom is 0.335 e. The Hall–Kier alpha value is -1.55. The highest BCUT2D eigenvalue weighted by Crippen LogP contribution is 2.13. The SMILES string of the molecule is CCc1ccc(N(C)C(=O)NN)cc1. The van der Waals surface area contributed by atoms with Crippen molar-refractivity contribution in [2.24, 2.45) is 5.84 Å². The molecular weight excluding hydrogens is 178 g/mol. The molecule has 2 amide bonds. The zero-order valence-electron chi connectivity index (χ0n) is 8.45. The lowest BCUT2D eigenvalue weighted by Crippen LogP contribution is -2.41. The predicted molar refractivity (Wildman–Crippen MR) is 56.9 cm³/mol. The average Bonchev–Trinajstić information content (AvgIpc) is 2.27. The molecule has 1 rings (SSSR count). The monoisotopic (exact) mass is 193 g/mol. The molecule has 0 aliphatic rings. The number of nitrogens with zero attached hydrogens (tertiary/aromatic N) is 1. The van der Waals surface area contributed by atoms with Crippen LogP contribution in [0.25, 0.3) is 0 Å². The van der Waals surface area contributed by atoms with E-state index in [0.29, 0.717) is 0 Å². The summed E-state index contributed by atoms with van der Waals surface area (Å²) in [4.78, 5) is 12.6. The molecule has 1 aromatic carbocycles. The lowest BCUT2D eigenvalue weighted by molar-refractivity contribution is 0.247. The first-order chi connectivity index (χ1) is 6.69. The van der Waals surface area contributed by atoms with Crippen molar-refractivity contribution in [2.75, 3.05) is 11.9 Å². The maximum atomic E-state index is 11.2. The first-order valence-corrected chi connectivity index (χ1v) is 4.52. The van der Waals surface area contributed by atoms with Crippen LogP contribution in [0, 0.1) is 0 Å². The lowest BCUT2D eigenvalue weighted by Gasteiger charge is -2.16. The first-order valence-electron chi connectivity index (χ1n) is 4.52. The van der Waals surface area contributed by atoms with Gasteiger partial charge in [0.1, 0.15) is 0 Å². The molecule has 0 saturated heterocycles. The highest BCUT2D eigenvalue weighted by Gasteiger charge is 2.07. The summed E-state index contributed by atoms with van der Waals surface area (Å²) in [5, 5.41) is 0. The van der Waals surface area contributed by atoms with Crippen LogP contribution in [0.5, 0.6) is 0 Å². The van der Waals surface area contributed by atoms with Crippen molar-refractivity contribution in [3.8, 4) is 0 Å². The van der Waals surface area contributed by atoms with Gasteiger partial charge in [-0.25, -0.2) is 10.6 Å². The van der Waals surface area contributed by atoms with Gasteiger partial charge in [-0.05, 0) is 24.1 Å². The molecule has 0 unspecified atom stereocenters. The fraction of sp³-hybridized carbons (Fsp3) is 0.300. The molecule has 1 aromatic rings. The number of anilines is 1. The third kappa shape index (κ3) is 2.23. The molecule has 4 nitrogen and oxygen atoms in total. The van der Waals surface area contributed by atoms with Gasteiger partial charge in [-0.3, -0.25) is 10.3 Å². The van der Waals surface area contributed by atoms with Gasteiger partial charge in [0, 0.05) is 12.7 Å². The second-order valence-electron chi connectivity index (χ2n) is 3.03. The molecule has 0 aliphatic carbocycles. The van der Waals surface area contributed by atoms with Gasteiger partial charge in [-0.2, -0.15) is 0 Å². The minimum Gasteiger partial charge on any atom is -0.296 e. The third-order valence-electron chi connectivity index (χ3n) is 2.16. The number of aryl methyl sites for hydroxylation is 1. The van der Waals surface area contributed by atoms with E-state index < -0.39 is 0 Å². The van der Waals surface area contributed by atoms with Crippen LogP contribution in [0.3, 0.4) is 0 Å². The standard InChI is InChI=1S/C10H15N3O/c1-3-8-4-6-9(7-5-8)13(2)10(14)12-11/h4-7H,3,11H2,1-2H3,(H,12,14). The van der Waals surface area contributed by atoms with Gasteiger partial charge in [0.05, 0.1) is 0 Å². The third-order valence-corrected chi connectivity index (χ3v) is 2.16. The number of carbonyl (C=O) groups is 1. The minimum atomic E-state index is -0.325. The summed E-state index contributed by atoms with van der Waals surface area (Å²) in [6, 6.07) is 7.46. The lowest BCUT2D eigenvalue weighted by atomic mass is 10.1. The Bertz CT molecular complexity index is 308. The summed E-state index contributed by atoms with van der Waals surface area (Å²) in [5.41, 5.74) is 4.15. The molecule has 0 atom stereocenters. The number of hydrogen-bond donors (Lipinski definition) is 2. The second-order valence-corrected chi connectivity index (χ2v) is 3.03. The Labute approximate surface area is 83.7 Å². The molecule has 0 saturated carbocycles. The molecule has 3 N–H and O–H groups in total. The van der Waals surface area contributed by atoms with Gasteiger partial charge < -0.3 is 0 Å².